The Hall–Kier alpha value is -0.580. The van der Waals surface area contributed by atoms with E-state index < -0.39 is 12.1 Å². The van der Waals surface area contributed by atoms with Crippen LogP contribution in [0.1, 0.15) is 44.1 Å². The first-order valence-corrected chi connectivity index (χ1v) is 7.93. The van der Waals surface area contributed by atoms with Gasteiger partial charge in [0.2, 0.25) is 0 Å². The van der Waals surface area contributed by atoms with Crippen LogP contribution in [0, 0.1) is 11.8 Å². The van der Waals surface area contributed by atoms with Crippen LogP contribution in [-0.2, 0) is 0 Å². The summed E-state index contributed by atoms with van der Waals surface area (Å²) in [7, 11) is 0. The standard InChI is InChI=1S/C15H19BrF3N/c1-10(11-6-8-20-9-7-11)14(16)12-4-2-3-5-13(12)15(17,18)19/h6-10,12-14H,2-5H2,1H3. The Labute approximate surface area is 126 Å². The quantitative estimate of drug-likeness (QED) is 0.673. The Morgan fingerprint density at radius 3 is 2.40 bits per heavy atom. The average molecular weight is 350 g/mol. The molecule has 1 aliphatic rings. The third kappa shape index (κ3) is 3.54. The second-order valence-electron chi connectivity index (χ2n) is 5.61. The topological polar surface area (TPSA) is 12.9 Å². The maximum absolute atomic E-state index is 13.2. The molecule has 0 N–H and O–H groups in total. The molecule has 1 saturated carbocycles. The van der Waals surface area contributed by atoms with Gasteiger partial charge in [-0.15, -0.1) is 0 Å². The van der Waals surface area contributed by atoms with Gasteiger partial charge in [0.25, 0.3) is 0 Å². The molecule has 1 heterocycles. The molecule has 1 nitrogen and oxygen atoms in total. The largest absolute Gasteiger partial charge is 0.392 e. The van der Waals surface area contributed by atoms with Crippen molar-refractivity contribution in [3.63, 3.8) is 0 Å². The average Bonchev–Trinajstić information content (AvgIpc) is 2.46. The molecular weight excluding hydrogens is 331 g/mol. The van der Waals surface area contributed by atoms with Crippen LogP contribution >= 0.6 is 15.9 Å². The first-order chi connectivity index (χ1) is 9.41. The molecule has 0 aromatic carbocycles. The molecule has 1 aliphatic carbocycles. The predicted octanol–water partition coefficient (Wildman–Crippen LogP) is 5.32. The van der Waals surface area contributed by atoms with E-state index in [2.05, 4.69) is 20.9 Å². The molecule has 1 aromatic rings. The first-order valence-electron chi connectivity index (χ1n) is 7.02. The highest BCUT2D eigenvalue weighted by molar-refractivity contribution is 9.09. The zero-order valence-corrected chi connectivity index (χ0v) is 13.0. The number of hydrogen-bond donors (Lipinski definition) is 0. The fourth-order valence-electron chi connectivity index (χ4n) is 3.17. The highest BCUT2D eigenvalue weighted by Gasteiger charge is 2.48. The molecule has 20 heavy (non-hydrogen) atoms. The number of pyridine rings is 1. The van der Waals surface area contributed by atoms with E-state index in [-0.39, 0.29) is 23.1 Å². The van der Waals surface area contributed by atoms with Crippen molar-refractivity contribution in [1.29, 1.82) is 0 Å². The summed E-state index contributed by atoms with van der Waals surface area (Å²) in [6, 6.07) is 3.76. The summed E-state index contributed by atoms with van der Waals surface area (Å²) < 4.78 is 39.6. The van der Waals surface area contributed by atoms with Crippen molar-refractivity contribution in [2.45, 2.75) is 49.5 Å². The predicted molar refractivity (Wildman–Crippen MR) is 76.9 cm³/mol. The van der Waals surface area contributed by atoms with Crippen LogP contribution in [0.4, 0.5) is 13.2 Å². The number of aromatic nitrogens is 1. The first kappa shape index (κ1) is 15.8. The van der Waals surface area contributed by atoms with Gasteiger partial charge in [0.15, 0.2) is 0 Å². The molecule has 5 heteroatoms. The molecule has 1 fully saturated rings. The van der Waals surface area contributed by atoms with E-state index in [1.807, 2.05) is 19.1 Å². The Balaban J connectivity index is 2.15. The molecule has 0 saturated heterocycles. The summed E-state index contributed by atoms with van der Waals surface area (Å²) in [6.45, 7) is 1.98. The Morgan fingerprint density at radius 2 is 1.80 bits per heavy atom. The van der Waals surface area contributed by atoms with Crippen LogP contribution < -0.4 is 0 Å². The molecule has 0 radical (unpaired) electrons. The van der Waals surface area contributed by atoms with E-state index in [1.165, 1.54) is 0 Å². The Bertz CT molecular complexity index is 421. The van der Waals surface area contributed by atoms with Crippen LogP contribution in [0.25, 0.3) is 0 Å². The van der Waals surface area contributed by atoms with Gasteiger partial charge < -0.3 is 0 Å². The molecule has 4 atom stereocenters. The molecular formula is C15H19BrF3N. The minimum absolute atomic E-state index is 0.0472. The van der Waals surface area contributed by atoms with Gasteiger partial charge in [-0.05, 0) is 42.4 Å². The number of halogens is 4. The Kier molecular flexibility index (Phi) is 5.10. The third-order valence-electron chi connectivity index (χ3n) is 4.36. The van der Waals surface area contributed by atoms with E-state index in [0.717, 1.165) is 12.0 Å². The summed E-state index contributed by atoms with van der Waals surface area (Å²) in [5.41, 5.74) is 1.04. The second-order valence-corrected chi connectivity index (χ2v) is 6.67. The summed E-state index contributed by atoms with van der Waals surface area (Å²) >= 11 is 3.55. The minimum atomic E-state index is -4.09. The minimum Gasteiger partial charge on any atom is -0.265 e. The highest BCUT2D eigenvalue weighted by Crippen LogP contribution is 2.47. The lowest BCUT2D eigenvalue weighted by atomic mass is 9.74. The molecule has 2 rings (SSSR count). The maximum Gasteiger partial charge on any atom is 0.392 e. The number of hydrogen-bond acceptors (Lipinski definition) is 1. The van der Waals surface area contributed by atoms with Gasteiger partial charge in [0.05, 0.1) is 5.92 Å². The molecule has 0 amide bonds. The molecule has 0 aliphatic heterocycles. The van der Waals surface area contributed by atoms with Crippen LogP contribution in [0.15, 0.2) is 24.5 Å². The van der Waals surface area contributed by atoms with Gasteiger partial charge in [0.1, 0.15) is 0 Å². The molecule has 4 unspecified atom stereocenters. The van der Waals surface area contributed by atoms with Gasteiger partial charge in [-0.25, -0.2) is 0 Å². The molecule has 1 aromatic heterocycles. The van der Waals surface area contributed by atoms with E-state index >= 15 is 0 Å². The van der Waals surface area contributed by atoms with E-state index in [9.17, 15) is 13.2 Å². The second kappa shape index (κ2) is 6.46. The summed E-state index contributed by atoms with van der Waals surface area (Å²) in [5, 5.41) is 0. The Morgan fingerprint density at radius 1 is 1.20 bits per heavy atom. The van der Waals surface area contributed by atoms with Crippen molar-refractivity contribution < 1.29 is 13.2 Å². The van der Waals surface area contributed by atoms with Crippen LogP contribution in [0.5, 0.6) is 0 Å². The van der Waals surface area contributed by atoms with Gasteiger partial charge >= 0.3 is 6.18 Å². The van der Waals surface area contributed by atoms with Crippen molar-refractivity contribution in [2.75, 3.05) is 0 Å². The zero-order chi connectivity index (χ0) is 14.8. The van der Waals surface area contributed by atoms with E-state index in [1.54, 1.807) is 12.4 Å². The fourth-order valence-corrected chi connectivity index (χ4v) is 4.11. The third-order valence-corrected chi connectivity index (χ3v) is 5.83. The van der Waals surface area contributed by atoms with Gasteiger partial charge in [0, 0.05) is 17.2 Å². The van der Waals surface area contributed by atoms with Gasteiger partial charge in [-0.1, -0.05) is 35.7 Å². The molecule has 112 valence electrons. The summed E-state index contributed by atoms with van der Waals surface area (Å²) in [4.78, 5) is 3.80. The molecule has 0 spiro atoms. The molecule has 0 bridgehead atoms. The lowest BCUT2D eigenvalue weighted by Crippen LogP contribution is -2.38. The smallest absolute Gasteiger partial charge is 0.265 e. The SMILES string of the molecule is CC(c1ccncc1)C(Br)C1CCCCC1C(F)(F)F. The van der Waals surface area contributed by atoms with Crippen molar-refractivity contribution in [3.8, 4) is 0 Å². The monoisotopic (exact) mass is 349 g/mol. The van der Waals surface area contributed by atoms with E-state index in [0.29, 0.717) is 12.8 Å². The highest BCUT2D eigenvalue weighted by atomic mass is 79.9. The van der Waals surface area contributed by atoms with Crippen LogP contribution in [0.3, 0.4) is 0 Å². The van der Waals surface area contributed by atoms with Gasteiger partial charge in [-0.3, -0.25) is 4.98 Å². The van der Waals surface area contributed by atoms with Crippen molar-refractivity contribution in [3.05, 3.63) is 30.1 Å². The van der Waals surface area contributed by atoms with Crippen molar-refractivity contribution in [2.24, 2.45) is 11.8 Å². The normalized spacial score (nSPS) is 27.1. The van der Waals surface area contributed by atoms with Crippen molar-refractivity contribution >= 4 is 15.9 Å². The summed E-state index contributed by atoms with van der Waals surface area (Å²) in [6.07, 6.45) is 1.78. The van der Waals surface area contributed by atoms with Crippen LogP contribution in [-0.4, -0.2) is 16.0 Å². The number of nitrogens with zero attached hydrogens (tertiary/aromatic N) is 1. The number of rotatable bonds is 3. The van der Waals surface area contributed by atoms with Gasteiger partial charge in [-0.2, -0.15) is 13.2 Å². The zero-order valence-electron chi connectivity index (χ0n) is 11.4. The summed E-state index contributed by atoms with van der Waals surface area (Å²) in [5.74, 6) is -1.47. The fraction of sp³-hybridized carbons (Fsp3) is 0.667. The van der Waals surface area contributed by atoms with Crippen molar-refractivity contribution in [1.82, 2.24) is 4.98 Å². The lowest BCUT2D eigenvalue weighted by Gasteiger charge is -2.38. The van der Waals surface area contributed by atoms with E-state index in [4.69, 9.17) is 0 Å². The lowest BCUT2D eigenvalue weighted by molar-refractivity contribution is -0.196. The van der Waals surface area contributed by atoms with Crippen LogP contribution in [0.2, 0.25) is 0 Å². The maximum atomic E-state index is 13.2. The number of alkyl halides is 4.